The van der Waals surface area contributed by atoms with Crippen molar-refractivity contribution in [3.8, 4) is 11.3 Å². The van der Waals surface area contributed by atoms with E-state index >= 15 is 0 Å². The van der Waals surface area contributed by atoms with E-state index in [-0.39, 0.29) is 12.3 Å². The van der Waals surface area contributed by atoms with E-state index in [0.29, 0.717) is 0 Å². The number of anilines is 1. The maximum atomic E-state index is 13.0. The van der Waals surface area contributed by atoms with E-state index in [1.165, 1.54) is 11.1 Å². The number of rotatable bonds is 4. The Morgan fingerprint density at radius 1 is 0.967 bits per heavy atom. The van der Waals surface area contributed by atoms with Crippen molar-refractivity contribution in [3.05, 3.63) is 87.1 Å². The lowest BCUT2D eigenvalue weighted by atomic mass is 10.0. The van der Waals surface area contributed by atoms with E-state index in [4.69, 9.17) is 4.98 Å². The number of amides is 1. The van der Waals surface area contributed by atoms with E-state index < -0.39 is 0 Å². The number of aromatic nitrogens is 2. The second-order valence-corrected chi connectivity index (χ2v) is 8.74. The van der Waals surface area contributed by atoms with E-state index in [1.807, 2.05) is 54.8 Å². The minimum atomic E-state index is -0.0621. The van der Waals surface area contributed by atoms with E-state index in [0.717, 1.165) is 43.9 Å². The summed E-state index contributed by atoms with van der Waals surface area (Å²) in [5, 5.41) is 3.05. The lowest BCUT2D eigenvalue weighted by Crippen LogP contribution is -2.16. The van der Waals surface area contributed by atoms with Crippen LogP contribution in [0.1, 0.15) is 27.9 Å². The van der Waals surface area contributed by atoms with E-state index in [1.54, 1.807) is 0 Å². The Labute approximate surface area is 185 Å². The Hall–Kier alpha value is -2.92. The molecule has 0 radical (unpaired) electrons. The number of halogens is 1. The van der Waals surface area contributed by atoms with Crippen molar-refractivity contribution in [2.45, 2.75) is 34.1 Å². The number of nitrogens with one attached hydrogen (secondary N) is 1. The fraction of sp³-hybridized carbons (Fsp3) is 0.200. The highest BCUT2D eigenvalue weighted by Crippen LogP contribution is 2.28. The summed E-state index contributed by atoms with van der Waals surface area (Å²) in [6, 6.07) is 16.3. The van der Waals surface area contributed by atoms with Crippen molar-refractivity contribution < 1.29 is 4.79 Å². The average molecular weight is 462 g/mol. The monoisotopic (exact) mass is 461 g/mol. The van der Waals surface area contributed by atoms with Gasteiger partial charge in [0.1, 0.15) is 5.65 Å². The third-order valence-corrected chi connectivity index (χ3v) is 5.94. The first-order valence-electron chi connectivity index (χ1n) is 9.93. The van der Waals surface area contributed by atoms with Crippen LogP contribution in [0.2, 0.25) is 0 Å². The first-order chi connectivity index (χ1) is 14.3. The number of benzene rings is 2. The number of carbonyl (C=O) groups is 1. The molecule has 2 heterocycles. The topological polar surface area (TPSA) is 46.4 Å². The van der Waals surface area contributed by atoms with Gasteiger partial charge < -0.3 is 9.72 Å². The third kappa shape index (κ3) is 4.03. The summed E-state index contributed by atoms with van der Waals surface area (Å²) in [6.45, 7) is 8.23. The molecule has 30 heavy (non-hydrogen) atoms. The molecule has 4 aromatic rings. The van der Waals surface area contributed by atoms with Gasteiger partial charge in [0.25, 0.3) is 0 Å². The normalized spacial score (nSPS) is 11.1. The highest BCUT2D eigenvalue weighted by molar-refractivity contribution is 9.10. The molecule has 0 aliphatic heterocycles. The first kappa shape index (κ1) is 20.4. The van der Waals surface area contributed by atoms with Gasteiger partial charge >= 0.3 is 0 Å². The van der Waals surface area contributed by atoms with Crippen molar-refractivity contribution >= 4 is 33.2 Å². The molecule has 2 aromatic carbocycles. The zero-order valence-corrected chi connectivity index (χ0v) is 19.2. The van der Waals surface area contributed by atoms with Gasteiger partial charge in [0.2, 0.25) is 5.91 Å². The van der Waals surface area contributed by atoms with Gasteiger partial charge in [-0.1, -0.05) is 28.1 Å². The van der Waals surface area contributed by atoms with Crippen LogP contribution in [0.4, 0.5) is 5.69 Å². The minimum absolute atomic E-state index is 0.0621. The molecule has 0 unspecified atom stereocenters. The first-order valence-corrected chi connectivity index (χ1v) is 10.7. The number of nitrogens with zero attached hydrogens (tertiary/aromatic N) is 2. The number of carbonyl (C=O) groups excluding carboxylic acids is 1. The van der Waals surface area contributed by atoms with Crippen LogP contribution in [0.5, 0.6) is 0 Å². The quantitative estimate of drug-likeness (QED) is 0.394. The molecule has 0 aliphatic carbocycles. The van der Waals surface area contributed by atoms with Gasteiger partial charge in [0, 0.05) is 21.9 Å². The van der Waals surface area contributed by atoms with Crippen LogP contribution in [0.15, 0.2) is 59.2 Å². The van der Waals surface area contributed by atoms with Gasteiger partial charge in [0.15, 0.2) is 0 Å². The molecule has 0 atom stereocenters. The molecule has 1 amide bonds. The molecule has 4 nitrogen and oxygen atoms in total. The second kappa shape index (κ2) is 8.07. The third-order valence-electron chi connectivity index (χ3n) is 5.45. The van der Waals surface area contributed by atoms with Crippen LogP contribution in [0.3, 0.4) is 0 Å². The summed E-state index contributed by atoms with van der Waals surface area (Å²) in [5.41, 5.74) is 9.05. The molecule has 0 fully saturated rings. The standard InChI is InChI=1S/C25H24BrN3O/c1-15-9-10-29-22(14-24(30)27-21-8-7-20(26)13-18(21)4)25(28-23(29)11-15)19-6-5-16(2)17(3)12-19/h5-13H,14H2,1-4H3,(H,27,30). The summed E-state index contributed by atoms with van der Waals surface area (Å²) < 4.78 is 3.01. The number of fused-ring (bicyclic) bond motifs is 1. The molecule has 1 N–H and O–H groups in total. The smallest absolute Gasteiger partial charge is 0.230 e. The van der Waals surface area contributed by atoms with Gasteiger partial charge in [-0.15, -0.1) is 0 Å². The predicted molar refractivity (Wildman–Crippen MR) is 126 cm³/mol. The number of hydrogen-bond donors (Lipinski definition) is 1. The predicted octanol–water partition coefficient (Wildman–Crippen LogP) is 6.18. The zero-order chi connectivity index (χ0) is 21.4. The summed E-state index contributed by atoms with van der Waals surface area (Å²) >= 11 is 3.47. The zero-order valence-electron chi connectivity index (χ0n) is 17.6. The molecular weight excluding hydrogens is 438 g/mol. The maximum Gasteiger partial charge on any atom is 0.230 e. The fourth-order valence-corrected chi connectivity index (χ4v) is 4.08. The molecule has 152 valence electrons. The van der Waals surface area contributed by atoms with E-state index in [9.17, 15) is 4.79 Å². The molecule has 0 aliphatic rings. The summed E-state index contributed by atoms with van der Waals surface area (Å²) in [4.78, 5) is 17.8. The number of aryl methyl sites for hydroxylation is 4. The molecule has 4 rings (SSSR count). The SMILES string of the molecule is Cc1ccn2c(CC(=O)Nc3ccc(Br)cc3C)c(-c3ccc(C)c(C)c3)nc2c1. The number of imidazole rings is 1. The van der Waals surface area contributed by atoms with Crippen LogP contribution in [-0.2, 0) is 11.2 Å². The van der Waals surface area contributed by atoms with Crippen molar-refractivity contribution in [3.63, 3.8) is 0 Å². The number of pyridine rings is 1. The van der Waals surface area contributed by atoms with Gasteiger partial charge in [-0.2, -0.15) is 0 Å². The number of hydrogen-bond acceptors (Lipinski definition) is 2. The largest absolute Gasteiger partial charge is 0.326 e. The molecule has 5 heteroatoms. The van der Waals surface area contributed by atoms with Crippen molar-refractivity contribution in [1.82, 2.24) is 9.38 Å². The van der Waals surface area contributed by atoms with Crippen molar-refractivity contribution in [1.29, 1.82) is 0 Å². The molecule has 0 spiro atoms. The van der Waals surface area contributed by atoms with Crippen LogP contribution < -0.4 is 5.32 Å². The Kier molecular flexibility index (Phi) is 5.48. The fourth-order valence-electron chi connectivity index (χ4n) is 3.60. The second-order valence-electron chi connectivity index (χ2n) is 7.82. The highest BCUT2D eigenvalue weighted by Gasteiger charge is 2.18. The molecule has 0 saturated heterocycles. The maximum absolute atomic E-state index is 13.0. The average Bonchev–Trinajstić information content (AvgIpc) is 3.03. The van der Waals surface area contributed by atoms with Crippen LogP contribution in [0.25, 0.3) is 16.9 Å². The van der Waals surface area contributed by atoms with Crippen LogP contribution in [-0.4, -0.2) is 15.3 Å². The summed E-state index contributed by atoms with van der Waals surface area (Å²) in [7, 11) is 0. The lowest BCUT2D eigenvalue weighted by molar-refractivity contribution is -0.115. The summed E-state index contributed by atoms with van der Waals surface area (Å²) in [6.07, 6.45) is 2.23. The Morgan fingerprint density at radius 2 is 1.77 bits per heavy atom. The molecule has 0 saturated carbocycles. The molecule has 0 bridgehead atoms. The molecular formula is C25H24BrN3O. The van der Waals surface area contributed by atoms with Crippen molar-refractivity contribution in [2.24, 2.45) is 0 Å². The van der Waals surface area contributed by atoms with Gasteiger partial charge in [-0.25, -0.2) is 4.98 Å². The Bertz CT molecular complexity index is 1270. The Balaban J connectivity index is 1.74. The van der Waals surface area contributed by atoms with Crippen LogP contribution in [0, 0.1) is 27.7 Å². The van der Waals surface area contributed by atoms with Gasteiger partial charge in [-0.05, 0) is 86.3 Å². The van der Waals surface area contributed by atoms with Crippen LogP contribution >= 0.6 is 15.9 Å². The van der Waals surface area contributed by atoms with Gasteiger partial charge in [-0.3, -0.25) is 4.79 Å². The van der Waals surface area contributed by atoms with Gasteiger partial charge in [0.05, 0.1) is 17.8 Å². The minimum Gasteiger partial charge on any atom is -0.326 e. The van der Waals surface area contributed by atoms with Crippen molar-refractivity contribution in [2.75, 3.05) is 5.32 Å². The van der Waals surface area contributed by atoms with E-state index in [2.05, 4.69) is 53.3 Å². The molecule has 2 aromatic heterocycles. The highest BCUT2D eigenvalue weighted by atomic mass is 79.9. The Morgan fingerprint density at radius 3 is 2.50 bits per heavy atom. The summed E-state index contributed by atoms with van der Waals surface area (Å²) in [5.74, 6) is -0.0621. The lowest BCUT2D eigenvalue weighted by Gasteiger charge is -2.10.